The second-order valence-electron chi connectivity index (χ2n) is 9.38. The Kier molecular flexibility index (Phi) is 7.99. The standard InChI is InChI=1S/C29H29F3O4/c1-2-3-26(34)19-6-4-18(5-7-19)23-14-15-24(28(32)27(23)31)29(35)36-21-11-8-17(9-12-21)22-13-10-20(33)16-25(22)30/h8-16,18-19,26,33-34H,2-7H2,1H3. The molecule has 0 aromatic heterocycles. The van der Waals surface area contributed by atoms with E-state index in [1.54, 1.807) is 0 Å². The number of hydrogen-bond acceptors (Lipinski definition) is 4. The first-order chi connectivity index (χ1) is 17.3. The van der Waals surface area contributed by atoms with Crippen LogP contribution >= 0.6 is 0 Å². The molecule has 0 saturated heterocycles. The van der Waals surface area contributed by atoms with E-state index < -0.39 is 29.0 Å². The van der Waals surface area contributed by atoms with Crippen molar-refractivity contribution in [3.05, 3.63) is 83.2 Å². The Morgan fingerprint density at radius 1 is 0.972 bits per heavy atom. The van der Waals surface area contributed by atoms with Crippen molar-refractivity contribution in [3.63, 3.8) is 0 Å². The van der Waals surface area contributed by atoms with Crippen LogP contribution in [0.2, 0.25) is 0 Å². The van der Waals surface area contributed by atoms with E-state index in [0.717, 1.165) is 31.7 Å². The molecule has 1 aliphatic carbocycles. The van der Waals surface area contributed by atoms with Gasteiger partial charge in [-0.3, -0.25) is 0 Å². The number of halogens is 3. The van der Waals surface area contributed by atoms with E-state index in [2.05, 4.69) is 0 Å². The van der Waals surface area contributed by atoms with Crippen molar-refractivity contribution in [2.24, 2.45) is 5.92 Å². The number of carbonyl (C=O) groups excluding carboxylic acids is 1. The van der Waals surface area contributed by atoms with Crippen LogP contribution in [0.3, 0.4) is 0 Å². The van der Waals surface area contributed by atoms with Crippen molar-refractivity contribution in [2.45, 2.75) is 57.5 Å². The molecule has 1 unspecified atom stereocenters. The minimum absolute atomic E-state index is 0.0933. The third kappa shape index (κ3) is 5.57. The lowest BCUT2D eigenvalue weighted by molar-refractivity contribution is 0.0717. The lowest BCUT2D eigenvalue weighted by Gasteiger charge is -2.32. The summed E-state index contributed by atoms with van der Waals surface area (Å²) in [5.74, 6) is -4.01. The van der Waals surface area contributed by atoms with Crippen molar-refractivity contribution in [2.75, 3.05) is 0 Å². The molecule has 3 aromatic carbocycles. The summed E-state index contributed by atoms with van der Waals surface area (Å²) in [7, 11) is 0. The fraction of sp³-hybridized carbons (Fsp3) is 0.345. The Hall–Kier alpha value is -3.32. The average molecular weight is 499 g/mol. The van der Waals surface area contributed by atoms with Crippen molar-refractivity contribution in [1.82, 2.24) is 0 Å². The maximum atomic E-state index is 14.9. The van der Waals surface area contributed by atoms with Gasteiger partial charge in [0.15, 0.2) is 11.6 Å². The van der Waals surface area contributed by atoms with Gasteiger partial charge in [0, 0.05) is 11.6 Å². The van der Waals surface area contributed by atoms with Gasteiger partial charge in [-0.2, -0.15) is 0 Å². The minimum atomic E-state index is -1.24. The zero-order valence-electron chi connectivity index (χ0n) is 20.0. The molecule has 0 aliphatic heterocycles. The number of benzene rings is 3. The molecule has 1 fully saturated rings. The van der Waals surface area contributed by atoms with Crippen LogP contribution in [0.15, 0.2) is 54.6 Å². The Balaban J connectivity index is 1.43. The molecule has 4 rings (SSSR count). The summed E-state index contributed by atoms with van der Waals surface area (Å²) in [4.78, 5) is 12.6. The number of phenolic OH excluding ortho intramolecular Hbond substituents is 1. The van der Waals surface area contributed by atoms with E-state index in [9.17, 15) is 28.2 Å². The molecule has 0 bridgehead atoms. The maximum Gasteiger partial charge on any atom is 0.346 e. The van der Waals surface area contributed by atoms with Crippen molar-refractivity contribution >= 4 is 5.97 Å². The van der Waals surface area contributed by atoms with Gasteiger partial charge in [0.2, 0.25) is 0 Å². The number of phenols is 1. The van der Waals surface area contributed by atoms with Crippen LogP contribution in [-0.2, 0) is 0 Å². The highest BCUT2D eigenvalue weighted by molar-refractivity contribution is 5.91. The summed E-state index contributed by atoms with van der Waals surface area (Å²) in [6.45, 7) is 2.02. The molecule has 0 heterocycles. The van der Waals surface area contributed by atoms with E-state index in [1.807, 2.05) is 6.92 Å². The number of aromatic hydroxyl groups is 1. The van der Waals surface area contributed by atoms with Gasteiger partial charge in [0.1, 0.15) is 17.3 Å². The summed E-state index contributed by atoms with van der Waals surface area (Å²) in [6.07, 6.45) is 4.09. The van der Waals surface area contributed by atoms with Gasteiger partial charge in [-0.25, -0.2) is 18.0 Å². The van der Waals surface area contributed by atoms with E-state index >= 15 is 0 Å². The van der Waals surface area contributed by atoms with Gasteiger partial charge in [-0.15, -0.1) is 0 Å². The summed E-state index contributed by atoms with van der Waals surface area (Å²) in [5, 5.41) is 19.6. The summed E-state index contributed by atoms with van der Waals surface area (Å²) in [5.41, 5.74) is 0.485. The molecule has 3 aromatic rings. The largest absolute Gasteiger partial charge is 0.508 e. The summed E-state index contributed by atoms with van der Waals surface area (Å²) in [6, 6.07) is 12.3. The zero-order valence-corrected chi connectivity index (χ0v) is 20.0. The number of aliphatic hydroxyl groups excluding tert-OH is 1. The van der Waals surface area contributed by atoms with Gasteiger partial charge in [-0.05, 0) is 85.4 Å². The molecule has 0 spiro atoms. The number of carbonyl (C=O) groups is 1. The smallest absolute Gasteiger partial charge is 0.346 e. The highest BCUT2D eigenvalue weighted by atomic mass is 19.2. The van der Waals surface area contributed by atoms with Gasteiger partial charge in [-0.1, -0.05) is 31.5 Å². The SMILES string of the molecule is CCCC(O)C1CCC(c2ccc(C(=O)Oc3ccc(-c4ccc(O)cc4F)cc3)c(F)c2F)CC1. The van der Waals surface area contributed by atoms with E-state index in [0.29, 0.717) is 18.4 Å². The average Bonchev–Trinajstić information content (AvgIpc) is 2.86. The fourth-order valence-corrected chi connectivity index (χ4v) is 4.99. The number of aliphatic hydroxyl groups is 1. The third-order valence-corrected chi connectivity index (χ3v) is 7.00. The second-order valence-corrected chi connectivity index (χ2v) is 9.38. The zero-order chi connectivity index (χ0) is 25.8. The molecule has 190 valence electrons. The first kappa shape index (κ1) is 25.8. The van der Waals surface area contributed by atoms with E-state index in [1.165, 1.54) is 48.5 Å². The number of esters is 1. The predicted molar refractivity (Wildman–Crippen MR) is 130 cm³/mol. The topological polar surface area (TPSA) is 66.8 Å². The Morgan fingerprint density at radius 3 is 2.31 bits per heavy atom. The van der Waals surface area contributed by atoms with Crippen molar-refractivity contribution < 1.29 is 32.9 Å². The molecule has 1 saturated carbocycles. The van der Waals surface area contributed by atoms with Gasteiger partial charge in [0.25, 0.3) is 0 Å². The van der Waals surface area contributed by atoms with Crippen LogP contribution in [-0.4, -0.2) is 22.3 Å². The minimum Gasteiger partial charge on any atom is -0.508 e. The molecule has 0 amide bonds. The molecular weight excluding hydrogens is 469 g/mol. The Bertz CT molecular complexity index is 1220. The quantitative estimate of drug-likeness (QED) is 0.269. The lowest BCUT2D eigenvalue weighted by Crippen LogP contribution is -2.25. The lowest BCUT2D eigenvalue weighted by atomic mass is 9.76. The van der Waals surface area contributed by atoms with Crippen LogP contribution in [0.1, 0.15) is 67.3 Å². The van der Waals surface area contributed by atoms with Gasteiger partial charge < -0.3 is 14.9 Å². The van der Waals surface area contributed by atoms with Crippen LogP contribution in [0.4, 0.5) is 13.2 Å². The highest BCUT2D eigenvalue weighted by Gasteiger charge is 2.30. The first-order valence-electron chi connectivity index (χ1n) is 12.3. The number of rotatable bonds is 7. The van der Waals surface area contributed by atoms with Crippen molar-refractivity contribution in [1.29, 1.82) is 0 Å². The van der Waals surface area contributed by atoms with Crippen molar-refractivity contribution in [3.8, 4) is 22.6 Å². The first-order valence-corrected chi connectivity index (χ1v) is 12.3. The number of ether oxygens (including phenoxy) is 1. The van der Waals surface area contributed by atoms with E-state index in [-0.39, 0.29) is 40.6 Å². The predicted octanol–water partition coefficient (Wildman–Crippen LogP) is 7.13. The normalized spacial score (nSPS) is 18.6. The fourth-order valence-electron chi connectivity index (χ4n) is 4.99. The molecule has 0 radical (unpaired) electrons. The molecule has 7 heteroatoms. The van der Waals surface area contributed by atoms with Crippen LogP contribution in [0.5, 0.6) is 11.5 Å². The number of hydrogen-bond donors (Lipinski definition) is 2. The molecule has 36 heavy (non-hydrogen) atoms. The molecule has 4 nitrogen and oxygen atoms in total. The maximum absolute atomic E-state index is 14.9. The van der Waals surface area contributed by atoms with Gasteiger partial charge >= 0.3 is 5.97 Å². The Labute approximate surface area is 208 Å². The Morgan fingerprint density at radius 2 is 1.67 bits per heavy atom. The van der Waals surface area contributed by atoms with Crippen LogP contribution in [0.25, 0.3) is 11.1 Å². The van der Waals surface area contributed by atoms with Crippen LogP contribution < -0.4 is 4.74 Å². The molecular formula is C29H29F3O4. The monoisotopic (exact) mass is 498 g/mol. The van der Waals surface area contributed by atoms with Gasteiger partial charge in [0.05, 0.1) is 11.7 Å². The highest BCUT2D eigenvalue weighted by Crippen LogP contribution is 2.39. The second kappa shape index (κ2) is 11.2. The molecule has 2 N–H and O–H groups in total. The summed E-state index contributed by atoms with van der Waals surface area (Å²) < 4.78 is 49.1. The summed E-state index contributed by atoms with van der Waals surface area (Å²) >= 11 is 0. The van der Waals surface area contributed by atoms with E-state index in [4.69, 9.17) is 4.74 Å². The van der Waals surface area contributed by atoms with Crippen LogP contribution in [0, 0.1) is 23.4 Å². The molecule has 1 atom stereocenters. The molecule has 1 aliphatic rings. The third-order valence-electron chi connectivity index (χ3n) is 7.00.